The van der Waals surface area contributed by atoms with E-state index in [4.69, 9.17) is 0 Å². The Balaban J connectivity index is 1.86. The van der Waals surface area contributed by atoms with Gasteiger partial charge >= 0.3 is 0 Å². The van der Waals surface area contributed by atoms with E-state index in [0.29, 0.717) is 11.6 Å². The van der Waals surface area contributed by atoms with Crippen LogP contribution in [0.3, 0.4) is 0 Å². The van der Waals surface area contributed by atoms with Crippen LogP contribution in [0.5, 0.6) is 0 Å². The number of hydrogen-bond acceptors (Lipinski definition) is 8. The van der Waals surface area contributed by atoms with Gasteiger partial charge in [0.1, 0.15) is 5.01 Å². The highest BCUT2D eigenvalue weighted by molar-refractivity contribution is 7.89. The molecule has 0 aliphatic rings. The normalized spacial score (nSPS) is 11.2. The van der Waals surface area contributed by atoms with E-state index in [1.54, 1.807) is 0 Å². The third-order valence-electron chi connectivity index (χ3n) is 3.02. The molecule has 0 bridgehead atoms. The summed E-state index contributed by atoms with van der Waals surface area (Å²) in [5.41, 5.74) is -0.207. The van der Waals surface area contributed by atoms with Crippen LogP contribution in [-0.4, -0.2) is 36.0 Å². The highest BCUT2D eigenvalue weighted by Gasteiger charge is 2.16. The second-order valence-electron chi connectivity index (χ2n) is 4.80. The number of non-ortho nitro benzene ring substituents is 1. The minimum Gasteiger partial charge on any atom is -0.300 e. The van der Waals surface area contributed by atoms with Gasteiger partial charge < -0.3 is 5.32 Å². The van der Waals surface area contributed by atoms with Crippen molar-refractivity contribution in [3.05, 3.63) is 39.4 Å². The molecule has 0 radical (unpaired) electrons. The molecule has 12 heteroatoms. The SMILES string of the molecule is CCc1nnc(NC(=O)CCNS(=O)(=O)c2ccc([N+](=O)[O-])cc2)s1. The van der Waals surface area contributed by atoms with Crippen LogP contribution in [0.4, 0.5) is 10.8 Å². The molecule has 1 heterocycles. The van der Waals surface area contributed by atoms with Crippen LogP contribution in [0.15, 0.2) is 29.2 Å². The van der Waals surface area contributed by atoms with Crippen molar-refractivity contribution in [1.29, 1.82) is 0 Å². The number of nitro groups is 1. The summed E-state index contributed by atoms with van der Waals surface area (Å²) in [6, 6.07) is 4.46. The molecule has 134 valence electrons. The number of nitrogens with one attached hydrogen (secondary N) is 2. The number of carbonyl (C=O) groups excluding carboxylic acids is 1. The van der Waals surface area contributed by atoms with Crippen molar-refractivity contribution in [3.63, 3.8) is 0 Å². The monoisotopic (exact) mass is 385 g/mol. The summed E-state index contributed by atoms with van der Waals surface area (Å²) in [5.74, 6) is -0.398. The first kappa shape index (κ1) is 18.9. The van der Waals surface area contributed by atoms with Gasteiger partial charge in [0, 0.05) is 25.1 Å². The number of benzene rings is 1. The predicted octanol–water partition coefficient (Wildman–Crippen LogP) is 1.32. The van der Waals surface area contributed by atoms with Crippen LogP contribution in [-0.2, 0) is 21.2 Å². The van der Waals surface area contributed by atoms with Crippen LogP contribution in [0.1, 0.15) is 18.4 Å². The van der Waals surface area contributed by atoms with Gasteiger partial charge in [0.25, 0.3) is 5.69 Å². The summed E-state index contributed by atoms with van der Waals surface area (Å²) in [7, 11) is -3.85. The van der Waals surface area contributed by atoms with E-state index in [9.17, 15) is 23.3 Å². The molecule has 2 aromatic rings. The summed E-state index contributed by atoms with van der Waals surface area (Å²) < 4.78 is 26.4. The van der Waals surface area contributed by atoms with E-state index in [2.05, 4.69) is 20.2 Å². The van der Waals surface area contributed by atoms with Gasteiger partial charge in [-0.1, -0.05) is 18.3 Å². The molecular weight excluding hydrogens is 370 g/mol. The number of carbonyl (C=O) groups is 1. The lowest BCUT2D eigenvalue weighted by molar-refractivity contribution is -0.384. The minimum atomic E-state index is -3.85. The molecule has 1 aromatic carbocycles. The van der Waals surface area contributed by atoms with Crippen molar-refractivity contribution in [2.24, 2.45) is 0 Å². The molecule has 0 unspecified atom stereocenters. The summed E-state index contributed by atoms with van der Waals surface area (Å²) in [6.07, 6.45) is 0.621. The number of sulfonamides is 1. The molecule has 0 aliphatic heterocycles. The fourth-order valence-electron chi connectivity index (χ4n) is 1.76. The van der Waals surface area contributed by atoms with E-state index >= 15 is 0 Å². The average Bonchev–Trinajstić information content (AvgIpc) is 3.02. The Hall–Kier alpha value is -2.44. The Bertz CT molecular complexity index is 863. The van der Waals surface area contributed by atoms with Gasteiger partial charge in [0.2, 0.25) is 21.1 Å². The predicted molar refractivity (Wildman–Crippen MR) is 90.8 cm³/mol. The maximum Gasteiger partial charge on any atom is 0.269 e. The highest BCUT2D eigenvalue weighted by Crippen LogP contribution is 2.16. The molecule has 25 heavy (non-hydrogen) atoms. The molecular formula is C13H15N5O5S2. The molecule has 2 N–H and O–H groups in total. The smallest absolute Gasteiger partial charge is 0.269 e. The zero-order valence-corrected chi connectivity index (χ0v) is 14.8. The van der Waals surface area contributed by atoms with Gasteiger partial charge in [0.15, 0.2) is 0 Å². The topological polar surface area (TPSA) is 144 Å². The number of anilines is 1. The van der Waals surface area contributed by atoms with E-state index in [1.807, 2.05) is 6.92 Å². The zero-order chi connectivity index (χ0) is 18.4. The van der Waals surface area contributed by atoms with Crippen molar-refractivity contribution in [2.75, 3.05) is 11.9 Å². The van der Waals surface area contributed by atoms with Crippen molar-refractivity contribution < 1.29 is 18.1 Å². The summed E-state index contributed by atoms with van der Waals surface area (Å²) >= 11 is 1.25. The van der Waals surface area contributed by atoms with Gasteiger partial charge in [-0.3, -0.25) is 14.9 Å². The second-order valence-corrected chi connectivity index (χ2v) is 7.63. The van der Waals surface area contributed by atoms with Crippen LogP contribution < -0.4 is 10.0 Å². The quantitative estimate of drug-likeness (QED) is 0.515. The number of hydrogen-bond donors (Lipinski definition) is 2. The number of amides is 1. The minimum absolute atomic E-state index is 0.0900. The Morgan fingerprint density at radius 1 is 1.28 bits per heavy atom. The van der Waals surface area contributed by atoms with E-state index < -0.39 is 20.9 Å². The zero-order valence-electron chi connectivity index (χ0n) is 13.1. The molecule has 1 aromatic heterocycles. The molecule has 1 amide bonds. The molecule has 0 fully saturated rings. The van der Waals surface area contributed by atoms with Crippen molar-refractivity contribution in [2.45, 2.75) is 24.7 Å². The molecule has 0 aliphatic carbocycles. The fraction of sp³-hybridized carbons (Fsp3) is 0.308. The van der Waals surface area contributed by atoms with Crippen molar-refractivity contribution in [3.8, 4) is 0 Å². The molecule has 0 atom stereocenters. The number of aryl methyl sites for hydroxylation is 1. The lowest BCUT2D eigenvalue weighted by Crippen LogP contribution is -2.27. The van der Waals surface area contributed by atoms with Crippen molar-refractivity contribution >= 4 is 38.1 Å². The van der Waals surface area contributed by atoms with Gasteiger partial charge in [-0.15, -0.1) is 10.2 Å². The third kappa shape index (κ3) is 5.27. The van der Waals surface area contributed by atoms with Crippen LogP contribution in [0.2, 0.25) is 0 Å². The highest BCUT2D eigenvalue weighted by atomic mass is 32.2. The first-order valence-electron chi connectivity index (χ1n) is 7.18. The number of nitrogens with zero attached hydrogens (tertiary/aromatic N) is 3. The Labute approximate surface area is 147 Å². The van der Waals surface area contributed by atoms with E-state index in [1.165, 1.54) is 11.3 Å². The number of aromatic nitrogens is 2. The molecule has 10 nitrogen and oxygen atoms in total. The summed E-state index contributed by atoms with van der Waals surface area (Å²) in [5, 5.41) is 21.9. The maximum absolute atomic E-state index is 12.1. The van der Waals surface area contributed by atoms with E-state index in [-0.39, 0.29) is 23.5 Å². The van der Waals surface area contributed by atoms with Gasteiger partial charge in [-0.25, -0.2) is 13.1 Å². The van der Waals surface area contributed by atoms with Gasteiger partial charge in [0.05, 0.1) is 9.82 Å². The Morgan fingerprint density at radius 2 is 1.96 bits per heavy atom. The van der Waals surface area contributed by atoms with Crippen LogP contribution in [0, 0.1) is 10.1 Å². The average molecular weight is 385 g/mol. The summed E-state index contributed by atoms with van der Waals surface area (Å²) in [4.78, 5) is 21.6. The molecule has 2 rings (SSSR count). The molecule has 0 spiro atoms. The lowest BCUT2D eigenvalue weighted by Gasteiger charge is -2.06. The van der Waals surface area contributed by atoms with Gasteiger partial charge in [-0.05, 0) is 18.6 Å². The molecule has 0 saturated heterocycles. The lowest BCUT2D eigenvalue weighted by atomic mass is 10.3. The van der Waals surface area contributed by atoms with Crippen LogP contribution >= 0.6 is 11.3 Å². The Morgan fingerprint density at radius 3 is 2.52 bits per heavy atom. The second kappa shape index (κ2) is 8.09. The Kier molecular flexibility index (Phi) is 6.12. The van der Waals surface area contributed by atoms with E-state index in [0.717, 1.165) is 29.3 Å². The number of rotatable bonds is 8. The summed E-state index contributed by atoms with van der Waals surface area (Å²) in [6.45, 7) is 1.80. The number of nitro benzene ring substituents is 1. The maximum atomic E-state index is 12.1. The van der Waals surface area contributed by atoms with Crippen LogP contribution in [0.25, 0.3) is 0 Å². The molecule has 0 saturated carbocycles. The van der Waals surface area contributed by atoms with Gasteiger partial charge in [-0.2, -0.15) is 0 Å². The standard InChI is InChI=1S/C13H15N5O5S2/c1-2-12-16-17-13(24-12)15-11(19)7-8-14-25(22,23)10-5-3-9(4-6-10)18(20)21/h3-6,14H,2,7-8H2,1H3,(H,15,17,19). The van der Waals surface area contributed by atoms with Crippen molar-refractivity contribution in [1.82, 2.24) is 14.9 Å². The third-order valence-corrected chi connectivity index (χ3v) is 5.48. The first-order valence-corrected chi connectivity index (χ1v) is 9.48. The first-order chi connectivity index (χ1) is 11.8. The largest absolute Gasteiger partial charge is 0.300 e. The fourth-order valence-corrected chi connectivity index (χ4v) is 3.49.